The first kappa shape index (κ1) is 23.9. The standard InChI is InChI=1S/C30H25N3O4/c1-4-28(34)36-21-14-11-19(12-15-21)30(35)32-25-18-27-29(23-10-8-7-9-22(23)25)31-24-16-13-20(17-26(24)37-27)33(5-2)6-3/h4,7-18H,1,5-6H2,2-3H3/b32-25-. The van der Waals surface area contributed by atoms with Crippen LogP contribution < -0.4 is 15.0 Å². The molecule has 1 heterocycles. The SMILES string of the molecule is C=CC(=O)Oc1ccc(C(=O)/N=c2/cc3oc4cc(N(CC)CC)ccc4nc-3c3ccccc23)cc1. The fraction of sp³-hybridized carbons (Fsp3) is 0.133. The molecule has 0 aromatic heterocycles. The van der Waals surface area contributed by atoms with E-state index in [4.69, 9.17) is 14.1 Å². The summed E-state index contributed by atoms with van der Waals surface area (Å²) in [4.78, 5) is 36.0. The van der Waals surface area contributed by atoms with Crippen molar-refractivity contribution in [3.63, 3.8) is 0 Å². The molecule has 2 aliphatic rings. The van der Waals surface area contributed by atoms with Gasteiger partial charge in [0, 0.05) is 53.3 Å². The molecule has 1 amide bonds. The molecule has 0 N–H and O–H groups in total. The highest BCUT2D eigenvalue weighted by Crippen LogP contribution is 2.31. The molecule has 0 bridgehead atoms. The zero-order valence-electron chi connectivity index (χ0n) is 20.6. The molecular weight excluding hydrogens is 466 g/mol. The van der Waals surface area contributed by atoms with Crippen molar-refractivity contribution >= 4 is 39.4 Å². The lowest BCUT2D eigenvalue weighted by molar-refractivity contribution is -0.128. The molecule has 3 aromatic rings. The van der Waals surface area contributed by atoms with Crippen LogP contribution in [0.5, 0.6) is 5.75 Å². The number of benzene rings is 4. The summed E-state index contributed by atoms with van der Waals surface area (Å²) in [6.45, 7) is 9.37. The van der Waals surface area contributed by atoms with E-state index in [0.717, 1.165) is 41.1 Å². The van der Waals surface area contributed by atoms with Crippen LogP contribution >= 0.6 is 0 Å². The number of anilines is 1. The molecule has 0 radical (unpaired) electrons. The van der Waals surface area contributed by atoms with Gasteiger partial charge >= 0.3 is 5.97 Å². The summed E-state index contributed by atoms with van der Waals surface area (Å²) in [7, 11) is 0. The van der Waals surface area contributed by atoms with Crippen molar-refractivity contribution in [1.29, 1.82) is 0 Å². The van der Waals surface area contributed by atoms with Crippen LogP contribution in [0.3, 0.4) is 0 Å². The van der Waals surface area contributed by atoms with Gasteiger partial charge in [-0.3, -0.25) is 4.79 Å². The van der Waals surface area contributed by atoms with Crippen molar-refractivity contribution in [3.8, 4) is 17.2 Å². The second kappa shape index (κ2) is 10.1. The maximum atomic E-state index is 13.0. The summed E-state index contributed by atoms with van der Waals surface area (Å²) < 4.78 is 11.4. The lowest BCUT2D eigenvalue weighted by Crippen LogP contribution is -2.21. The van der Waals surface area contributed by atoms with Crippen molar-refractivity contribution in [1.82, 2.24) is 4.98 Å². The van der Waals surface area contributed by atoms with E-state index in [-0.39, 0.29) is 0 Å². The summed E-state index contributed by atoms with van der Waals surface area (Å²) in [5, 5.41) is 2.12. The molecule has 0 saturated heterocycles. The topological polar surface area (TPSA) is 85.0 Å². The highest BCUT2D eigenvalue weighted by molar-refractivity contribution is 5.99. The minimum absolute atomic E-state index is 0.318. The Labute approximate surface area is 213 Å². The fourth-order valence-corrected chi connectivity index (χ4v) is 4.30. The molecule has 0 saturated carbocycles. The van der Waals surface area contributed by atoms with Crippen LogP contribution in [0.15, 0.2) is 94.9 Å². The van der Waals surface area contributed by atoms with E-state index in [9.17, 15) is 9.59 Å². The van der Waals surface area contributed by atoms with Gasteiger partial charge < -0.3 is 14.1 Å². The average molecular weight is 492 g/mol. The zero-order valence-corrected chi connectivity index (χ0v) is 20.6. The van der Waals surface area contributed by atoms with Gasteiger partial charge in [-0.2, -0.15) is 0 Å². The van der Waals surface area contributed by atoms with Crippen LogP contribution in [-0.4, -0.2) is 29.9 Å². The zero-order chi connectivity index (χ0) is 25.9. The largest absolute Gasteiger partial charge is 0.453 e. The molecule has 184 valence electrons. The van der Waals surface area contributed by atoms with Crippen molar-refractivity contribution in [2.45, 2.75) is 13.8 Å². The third kappa shape index (κ3) is 4.71. The van der Waals surface area contributed by atoms with Gasteiger partial charge in [0.1, 0.15) is 17.0 Å². The summed E-state index contributed by atoms with van der Waals surface area (Å²) in [6.07, 6.45) is 1.08. The number of hydrogen-bond acceptors (Lipinski definition) is 6. The van der Waals surface area contributed by atoms with Gasteiger partial charge in [0.15, 0.2) is 11.3 Å². The monoisotopic (exact) mass is 491 g/mol. The van der Waals surface area contributed by atoms with E-state index in [1.54, 1.807) is 30.3 Å². The quantitative estimate of drug-likeness (QED) is 0.0986. The number of rotatable bonds is 6. The van der Waals surface area contributed by atoms with Gasteiger partial charge in [0.05, 0.1) is 5.36 Å². The second-order valence-corrected chi connectivity index (χ2v) is 8.39. The van der Waals surface area contributed by atoms with Gasteiger partial charge in [0.2, 0.25) is 0 Å². The van der Waals surface area contributed by atoms with Gasteiger partial charge in [-0.15, -0.1) is 0 Å². The number of amides is 1. The highest BCUT2D eigenvalue weighted by atomic mass is 16.5. The molecule has 0 spiro atoms. The van der Waals surface area contributed by atoms with Crippen LogP contribution in [0.4, 0.5) is 5.69 Å². The normalized spacial score (nSPS) is 11.7. The van der Waals surface area contributed by atoms with Gasteiger partial charge in [-0.1, -0.05) is 30.8 Å². The maximum Gasteiger partial charge on any atom is 0.335 e. The molecule has 7 heteroatoms. The number of nitrogens with zero attached hydrogens (tertiary/aromatic N) is 3. The Hall–Kier alpha value is -4.78. The van der Waals surface area contributed by atoms with Crippen LogP contribution in [0, 0.1) is 0 Å². The lowest BCUT2D eigenvalue weighted by Gasteiger charge is -2.21. The van der Waals surface area contributed by atoms with E-state index < -0.39 is 11.9 Å². The minimum Gasteiger partial charge on any atom is -0.453 e. The Kier molecular flexibility index (Phi) is 6.51. The van der Waals surface area contributed by atoms with Crippen LogP contribution in [-0.2, 0) is 4.79 Å². The number of carbonyl (C=O) groups is 2. The summed E-state index contributed by atoms with van der Waals surface area (Å²) in [5.41, 5.74) is 3.55. The van der Waals surface area contributed by atoms with Crippen molar-refractivity contribution < 1.29 is 18.7 Å². The summed E-state index contributed by atoms with van der Waals surface area (Å²) in [6, 6.07) is 21.7. The van der Waals surface area contributed by atoms with E-state index in [1.807, 2.05) is 36.4 Å². The smallest absolute Gasteiger partial charge is 0.335 e. The molecular formula is C30H25N3O4. The fourth-order valence-electron chi connectivity index (χ4n) is 4.30. The lowest BCUT2D eigenvalue weighted by atomic mass is 10.0. The Morgan fingerprint density at radius 2 is 1.73 bits per heavy atom. The van der Waals surface area contributed by atoms with E-state index in [1.165, 1.54) is 0 Å². The summed E-state index contributed by atoms with van der Waals surface area (Å²) >= 11 is 0. The molecule has 1 aliphatic heterocycles. The summed E-state index contributed by atoms with van der Waals surface area (Å²) in [5.74, 6) is -0.135. The molecule has 0 fully saturated rings. The van der Waals surface area contributed by atoms with Crippen LogP contribution in [0.25, 0.3) is 33.3 Å². The van der Waals surface area contributed by atoms with Crippen LogP contribution in [0.2, 0.25) is 0 Å². The number of ether oxygens (including phenoxy) is 1. The Morgan fingerprint density at radius 3 is 2.43 bits per heavy atom. The molecule has 1 aliphatic carbocycles. The predicted octanol–water partition coefficient (Wildman–Crippen LogP) is 5.76. The Balaban J connectivity index is 1.62. The van der Waals surface area contributed by atoms with Crippen molar-refractivity contribution in [2.75, 3.05) is 18.0 Å². The molecule has 5 rings (SSSR count). The minimum atomic E-state index is -0.569. The third-order valence-corrected chi connectivity index (χ3v) is 6.19. The first-order valence-electron chi connectivity index (χ1n) is 12.1. The van der Waals surface area contributed by atoms with E-state index in [0.29, 0.717) is 33.7 Å². The Bertz CT molecular complexity index is 1680. The average Bonchev–Trinajstić information content (AvgIpc) is 2.93. The third-order valence-electron chi connectivity index (χ3n) is 6.19. The number of hydrogen-bond donors (Lipinski definition) is 0. The molecule has 0 unspecified atom stereocenters. The second-order valence-electron chi connectivity index (χ2n) is 8.39. The number of carbonyl (C=O) groups excluding carboxylic acids is 2. The van der Waals surface area contributed by atoms with E-state index in [2.05, 4.69) is 36.4 Å². The highest BCUT2D eigenvalue weighted by Gasteiger charge is 2.16. The maximum absolute atomic E-state index is 13.0. The van der Waals surface area contributed by atoms with Crippen LogP contribution in [0.1, 0.15) is 24.2 Å². The first-order chi connectivity index (χ1) is 18.0. The van der Waals surface area contributed by atoms with E-state index >= 15 is 0 Å². The van der Waals surface area contributed by atoms with Crippen molar-refractivity contribution in [3.05, 3.63) is 96.4 Å². The van der Waals surface area contributed by atoms with Crippen molar-refractivity contribution in [2.24, 2.45) is 4.99 Å². The number of esters is 1. The van der Waals surface area contributed by atoms with Gasteiger partial charge in [0.25, 0.3) is 5.91 Å². The first-order valence-corrected chi connectivity index (χ1v) is 12.1. The molecule has 3 aromatic carbocycles. The number of fused-ring (bicyclic) bond motifs is 4. The predicted molar refractivity (Wildman–Crippen MR) is 144 cm³/mol. The number of aromatic nitrogens is 1. The van der Waals surface area contributed by atoms with Gasteiger partial charge in [-0.05, 0) is 50.2 Å². The Morgan fingerprint density at radius 1 is 1.00 bits per heavy atom. The van der Waals surface area contributed by atoms with Gasteiger partial charge in [-0.25, -0.2) is 14.8 Å². The molecule has 0 atom stereocenters. The molecule has 7 nitrogen and oxygen atoms in total. The molecule has 37 heavy (non-hydrogen) atoms.